The Hall–Kier alpha value is -4.78. The van der Waals surface area contributed by atoms with Crippen molar-refractivity contribution in [3.8, 4) is 17.2 Å². The van der Waals surface area contributed by atoms with Gasteiger partial charge in [-0.15, -0.1) is 0 Å². The van der Waals surface area contributed by atoms with E-state index in [1.807, 2.05) is 36.4 Å². The fourth-order valence-corrected chi connectivity index (χ4v) is 5.40. The maximum atomic E-state index is 13.8. The maximum absolute atomic E-state index is 13.8. The molecule has 206 valence electrons. The molecule has 0 spiro atoms. The molecule has 2 atom stereocenters. The molecular formula is C34H28F2N2O3. The van der Waals surface area contributed by atoms with Crippen LogP contribution in [0.3, 0.4) is 0 Å². The zero-order chi connectivity index (χ0) is 28.2. The van der Waals surface area contributed by atoms with E-state index >= 15 is 0 Å². The van der Waals surface area contributed by atoms with Crippen LogP contribution in [-0.4, -0.2) is 23.2 Å². The molecule has 6 rings (SSSR count). The van der Waals surface area contributed by atoms with Gasteiger partial charge >= 0.3 is 0 Å². The highest BCUT2D eigenvalue weighted by Crippen LogP contribution is 2.44. The first-order valence-electron chi connectivity index (χ1n) is 13.6. The normalized spacial score (nSPS) is 19.0. The summed E-state index contributed by atoms with van der Waals surface area (Å²) in [6, 6.07) is 28.7. The summed E-state index contributed by atoms with van der Waals surface area (Å²) in [7, 11) is 0. The van der Waals surface area contributed by atoms with Crippen LogP contribution in [-0.2, 0) is 4.79 Å². The van der Waals surface area contributed by atoms with Gasteiger partial charge in [0.25, 0.3) is 5.91 Å². The molecule has 1 saturated carbocycles. The predicted octanol–water partition coefficient (Wildman–Crippen LogP) is 7.96. The number of nitrogens with zero attached hydrogens (tertiary/aromatic N) is 2. The summed E-state index contributed by atoms with van der Waals surface area (Å²) >= 11 is 0. The van der Waals surface area contributed by atoms with Crippen LogP contribution in [0.15, 0.2) is 114 Å². The molecule has 0 aromatic heterocycles. The van der Waals surface area contributed by atoms with Crippen molar-refractivity contribution in [1.82, 2.24) is 5.01 Å². The third kappa shape index (κ3) is 6.04. The largest absolute Gasteiger partial charge is 0.484 e. The highest BCUT2D eigenvalue weighted by atomic mass is 19.1. The smallest absolute Gasteiger partial charge is 0.281 e. The van der Waals surface area contributed by atoms with E-state index in [0.717, 1.165) is 47.4 Å². The second-order valence-electron chi connectivity index (χ2n) is 10.1. The first-order valence-corrected chi connectivity index (χ1v) is 13.6. The molecule has 1 aliphatic heterocycles. The molecule has 1 fully saturated rings. The molecule has 1 heterocycles. The second kappa shape index (κ2) is 11.8. The first-order chi connectivity index (χ1) is 20.0. The summed E-state index contributed by atoms with van der Waals surface area (Å²) < 4.78 is 38.9. The van der Waals surface area contributed by atoms with Gasteiger partial charge in [-0.25, -0.2) is 13.8 Å². The van der Waals surface area contributed by atoms with Crippen molar-refractivity contribution in [2.24, 2.45) is 11.0 Å². The van der Waals surface area contributed by atoms with E-state index in [-0.39, 0.29) is 36.1 Å². The third-order valence-corrected chi connectivity index (χ3v) is 7.34. The number of allylic oxidation sites excluding steroid dienone is 1. The molecule has 2 aliphatic rings. The van der Waals surface area contributed by atoms with Gasteiger partial charge < -0.3 is 9.47 Å². The number of halogens is 2. The summed E-state index contributed by atoms with van der Waals surface area (Å²) in [5.74, 6) is 0.935. The van der Waals surface area contributed by atoms with Gasteiger partial charge in [0.05, 0.1) is 11.8 Å². The lowest BCUT2D eigenvalue weighted by Crippen LogP contribution is -2.34. The van der Waals surface area contributed by atoms with Crippen LogP contribution in [0.1, 0.15) is 36.4 Å². The van der Waals surface area contributed by atoms with Gasteiger partial charge in [0.1, 0.15) is 28.9 Å². The molecular weight excluding hydrogens is 522 g/mol. The Morgan fingerprint density at radius 1 is 0.829 bits per heavy atom. The van der Waals surface area contributed by atoms with Crippen molar-refractivity contribution < 1.29 is 23.0 Å². The monoisotopic (exact) mass is 550 g/mol. The molecule has 41 heavy (non-hydrogen) atoms. The van der Waals surface area contributed by atoms with Gasteiger partial charge in [-0.05, 0) is 103 Å². The van der Waals surface area contributed by atoms with E-state index < -0.39 is 0 Å². The highest BCUT2D eigenvalue weighted by molar-refractivity contribution is 6.08. The van der Waals surface area contributed by atoms with Crippen LogP contribution >= 0.6 is 0 Å². The SMILES string of the molecule is O=C(COc1ccc(Oc2ccccc2)cc1)N1N=C2/C(=C\c3ccc(F)cc3)CCC[C@@H]2[C@@H]1c1ccc(F)cc1. The van der Waals surface area contributed by atoms with Crippen LogP contribution in [0, 0.1) is 17.6 Å². The third-order valence-electron chi connectivity index (χ3n) is 7.34. The summed E-state index contributed by atoms with van der Waals surface area (Å²) in [4.78, 5) is 13.6. The summed E-state index contributed by atoms with van der Waals surface area (Å²) in [5, 5.41) is 6.31. The molecule has 0 radical (unpaired) electrons. The Bertz CT molecular complexity index is 1570. The summed E-state index contributed by atoms with van der Waals surface area (Å²) in [6.07, 6.45) is 4.58. The fourth-order valence-electron chi connectivity index (χ4n) is 5.40. The van der Waals surface area contributed by atoms with Crippen LogP contribution in [0.2, 0.25) is 0 Å². The van der Waals surface area contributed by atoms with Crippen LogP contribution in [0.25, 0.3) is 6.08 Å². The number of fused-ring (bicyclic) bond motifs is 1. The maximum Gasteiger partial charge on any atom is 0.281 e. The number of carbonyl (C=O) groups is 1. The quantitative estimate of drug-likeness (QED) is 0.235. The van der Waals surface area contributed by atoms with E-state index in [1.165, 1.54) is 29.3 Å². The standard InChI is InChI=1S/C34H28F2N2O3/c35-26-13-9-23(10-14-26)21-25-5-4-8-31-33(25)37-38(34(31)24-11-15-27(36)16-12-24)32(39)22-40-28-17-19-30(20-18-28)41-29-6-2-1-3-7-29/h1-3,6-7,9-21,31,34H,4-5,8,22H2/b25-21-/t31-,34-/m0/s1. The highest BCUT2D eigenvalue weighted by Gasteiger charge is 2.43. The van der Waals surface area contributed by atoms with E-state index in [4.69, 9.17) is 14.6 Å². The molecule has 0 N–H and O–H groups in total. The zero-order valence-corrected chi connectivity index (χ0v) is 22.3. The Kier molecular flexibility index (Phi) is 7.58. The Labute approximate surface area is 237 Å². The lowest BCUT2D eigenvalue weighted by Gasteiger charge is -2.29. The molecule has 0 unspecified atom stereocenters. The molecule has 4 aromatic carbocycles. The van der Waals surface area contributed by atoms with Crippen LogP contribution < -0.4 is 9.47 Å². The minimum Gasteiger partial charge on any atom is -0.484 e. The van der Waals surface area contributed by atoms with Gasteiger partial charge in [-0.1, -0.05) is 42.5 Å². The molecule has 7 heteroatoms. The van der Waals surface area contributed by atoms with Crippen molar-refractivity contribution in [3.05, 3.63) is 131 Å². The number of hydrazone groups is 1. The van der Waals surface area contributed by atoms with Crippen LogP contribution in [0.4, 0.5) is 8.78 Å². The van der Waals surface area contributed by atoms with E-state index in [2.05, 4.69) is 0 Å². The van der Waals surface area contributed by atoms with Crippen molar-refractivity contribution in [1.29, 1.82) is 0 Å². The van der Waals surface area contributed by atoms with E-state index in [0.29, 0.717) is 11.5 Å². The Morgan fingerprint density at radius 2 is 1.46 bits per heavy atom. The first kappa shape index (κ1) is 26.4. The number of carbonyl (C=O) groups excluding carboxylic acids is 1. The van der Waals surface area contributed by atoms with Gasteiger partial charge in [-0.2, -0.15) is 5.10 Å². The lowest BCUT2D eigenvalue weighted by molar-refractivity contribution is -0.135. The number of para-hydroxylation sites is 1. The average molecular weight is 551 g/mol. The number of hydrogen-bond acceptors (Lipinski definition) is 4. The number of hydrogen-bond donors (Lipinski definition) is 0. The van der Waals surface area contributed by atoms with Crippen molar-refractivity contribution in [3.63, 3.8) is 0 Å². The molecule has 0 bridgehead atoms. The minimum atomic E-state index is -0.375. The summed E-state index contributed by atoms with van der Waals surface area (Å²) in [6.45, 7) is -0.211. The lowest BCUT2D eigenvalue weighted by atomic mass is 9.77. The zero-order valence-electron chi connectivity index (χ0n) is 22.3. The second-order valence-corrected chi connectivity index (χ2v) is 10.1. The Morgan fingerprint density at radius 3 is 2.17 bits per heavy atom. The fraction of sp³-hybridized carbons (Fsp3) is 0.176. The molecule has 5 nitrogen and oxygen atoms in total. The number of ether oxygens (including phenoxy) is 2. The van der Waals surface area contributed by atoms with Gasteiger partial charge in [0, 0.05) is 5.92 Å². The van der Waals surface area contributed by atoms with Gasteiger partial charge in [0.15, 0.2) is 6.61 Å². The molecule has 1 amide bonds. The van der Waals surface area contributed by atoms with E-state index in [9.17, 15) is 13.6 Å². The van der Waals surface area contributed by atoms with Crippen LogP contribution in [0.5, 0.6) is 17.2 Å². The van der Waals surface area contributed by atoms with Gasteiger partial charge in [0.2, 0.25) is 0 Å². The number of amides is 1. The number of benzene rings is 4. The molecule has 4 aromatic rings. The molecule has 0 saturated heterocycles. The molecule has 1 aliphatic carbocycles. The van der Waals surface area contributed by atoms with Crippen molar-refractivity contribution in [2.75, 3.05) is 6.61 Å². The summed E-state index contributed by atoms with van der Waals surface area (Å²) in [5.41, 5.74) is 3.54. The van der Waals surface area contributed by atoms with Gasteiger partial charge in [-0.3, -0.25) is 4.79 Å². The topological polar surface area (TPSA) is 51.1 Å². The minimum absolute atomic E-state index is 0.0423. The van der Waals surface area contributed by atoms with E-state index in [1.54, 1.807) is 48.5 Å². The van der Waals surface area contributed by atoms with Crippen molar-refractivity contribution in [2.45, 2.75) is 25.3 Å². The predicted molar refractivity (Wildman–Crippen MR) is 154 cm³/mol. The Balaban J connectivity index is 1.22. The van der Waals surface area contributed by atoms with Crippen molar-refractivity contribution >= 4 is 17.7 Å². The number of rotatable bonds is 7. The average Bonchev–Trinajstić information content (AvgIpc) is 3.40.